The Morgan fingerprint density at radius 2 is 1.96 bits per heavy atom. The highest BCUT2D eigenvalue weighted by molar-refractivity contribution is 7.09. The maximum Gasteiger partial charge on any atom is 0.326 e. The van der Waals surface area contributed by atoms with Crippen LogP contribution in [0.25, 0.3) is 11.3 Å². The fourth-order valence-corrected chi connectivity index (χ4v) is 3.39. The summed E-state index contributed by atoms with van der Waals surface area (Å²) in [5.41, 5.74) is 1.50. The maximum atomic E-state index is 13.0. The number of amides is 4. The summed E-state index contributed by atoms with van der Waals surface area (Å²) in [5, 5.41) is 5.23. The number of benzene rings is 1. The van der Waals surface area contributed by atoms with E-state index in [1.807, 2.05) is 5.38 Å². The Morgan fingerprint density at radius 3 is 2.58 bits per heavy atom. The van der Waals surface area contributed by atoms with Crippen molar-refractivity contribution in [1.29, 1.82) is 0 Å². The van der Waals surface area contributed by atoms with Crippen molar-refractivity contribution >= 4 is 29.2 Å². The van der Waals surface area contributed by atoms with Gasteiger partial charge in [-0.2, -0.15) is 0 Å². The zero-order chi connectivity index (χ0) is 18.8. The number of likely N-dealkylation sites (N-methyl/N-ethyl adjacent to an activating group) is 2. The minimum absolute atomic E-state index is 0.0956. The fraction of sp³-hybridized carbons (Fsp3) is 0.294. The van der Waals surface area contributed by atoms with Gasteiger partial charge in [0.05, 0.1) is 18.7 Å². The van der Waals surface area contributed by atoms with E-state index in [-0.39, 0.29) is 30.6 Å². The third kappa shape index (κ3) is 3.57. The van der Waals surface area contributed by atoms with E-state index in [4.69, 9.17) is 0 Å². The van der Waals surface area contributed by atoms with Crippen molar-refractivity contribution < 1.29 is 18.8 Å². The minimum atomic E-state index is -0.779. The predicted octanol–water partition coefficient (Wildman–Crippen LogP) is 1.85. The summed E-state index contributed by atoms with van der Waals surface area (Å²) in [4.78, 5) is 42.5. The van der Waals surface area contributed by atoms with Gasteiger partial charge >= 0.3 is 6.03 Å². The lowest BCUT2D eigenvalue weighted by atomic mass is 10.2. The van der Waals surface area contributed by atoms with E-state index in [1.54, 1.807) is 12.1 Å². The highest BCUT2D eigenvalue weighted by Gasteiger charge is 2.41. The molecule has 1 saturated heterocycles. The van der Waals surface area contributed by atoms with Gasteiger partial charge in [-0.3, -0.25) is 14.5 Å². The summed E-state index contributed by atoms with van der Waals surface area (Å²) >= 11 is 1.38. The van der Waals surface area contributed by atoms with Crippen LogP contribution in [0.4, 0.5) is 9.18 Å². The molecule has 1 aliphatic rings. The fourth-order valence-electron chi connectivity index (χ4n) is 2.64. The van der Waals surface area contributed by atoms with E-state index in [0.717, 1.165) is 10.5 Å². The Balaban J connectivity index is 1.56. The second kappa shape index (κ2) is 7.20. The molecule has 0 saturated carbocycles. The van der Waals surface area contributed by atoms with Gasteiger partial charge in [-0.15, -0.1) is 11.3 Å². The lowest BCUT2D eigenvalue weighted by Gasteiger charge is -2.15. The Morgan fingerprint density at radius 1 is 1.27 bits per heavy atom. The van der Waals surface area contributed by atoms with E-state index >= 15 is 0 Å². The molecule has 1 N–H and O–H groups in total. The first kappa shape index (κ1) is 18.0. The summed E-state index contributed by atoms with van der Waals surface area (Å²) < 4.78 is 13.0. The monoisotopic (exact) mass is 376 g/mol. The number of halogens is 1. The highest BCUT2D eigenvalue weighted by atomic mass is 32.1. The van der Waals surface area contributed by atoms with Crippen LogP contribution in [0.15, 0.2) is 29.6 Å². The molecule has 1 aromatic heterocycles. The van der Waals surface area contributed by atoms with Crippen LogP contribution in [-0.2, 0) is 16.1 Å². The van der Waals surface area contributed by atoms with Gasteiger partial charge in [-0.1, -0.05) is 0 Å². The smallest absolute Gasteiger partial charge is 0.326 e. The van der Waals surface area contributed by atoms with Crippen molar-refractivity contribution in [2.45, 2.75) is 19.0 Å². The molecule has 0 radical (unpaired) electrons. The molecule has 1 aliphatic heterocycles. The molecule has 2 aromatic rings. The van der Waals surface area contributed by atoms with Crippen molar-refractivity contribution in [3.05, 3.63) is 40.5 Å². The van der Waals surface area contributed by atoms with E-state index in [2.05, 4.69) is 10.3 Å². The van der Waals surface area contributed by atoms with Crippen molar-refractivity contribution in [2.24, 2.45) is 0 Å². The Labute approximate surface area is 153 Å². The van der Waals surface area contributed by atoms with Crippen LogP contribution in [0.5, 0.6) is 0 Å². The lowest BCUT2D eigenvalue weighted by Crippen LogP contribution is -2.37. The molecular weight excluding hydrogens is 359 g/mol. The zero-order valence-electron chi connectivity index (χ0n) is 14.2. The molecule has 0 bridgehead atoms. The molecule has 1 aromatic carbocycles. The molecule has 1 fully saturated rings. The molecule has 0 aliphatic carbocycles. The van der Waals surface area contributed by atoms with Crippen LogP contribution in [0.3, 0.4) is 0 Å². The third-order valence-corrected chi connectivity index (χ3v) is 5.03. The van der Waals surface area contributed by atoms with Crippen LogP contribution >= 0.6 is 11.3 Å². The van der Waals surface area contributed by atoms with Gasteiger partial charge in [-0.05, 0) is 24.3 Å². The van der Waals surface area contributed by atoms with Gasteiger partial charge in [0.2, 0.25) is 5.91 Å². The van der Waals surface area contributed by atoms with Gasteiger partial charge in [0, 0.05) is 25.0 Å². The molecule has 0 unspecified atom stereocenters. The average molecular weight is 376 g/mol. The van der Waals surface area contributed by atoms with Gasteiger partial charge in [-0.25, -0.2) is 14.2 Å². The van der Waals surface area contributed by atoms with E-state index in [9.17, 15) is 18.8 Å². The first-order valence-electron chi connectivity index (χ1n) is 7.88. The van der Waals surface area contributed by atoms with Crippen LogP contribution in [-0.4, -0.2) is 52.8 Å². The molecule has 7 nitrogen and oxygen atoms in total. The van der Waals surface area contributed by atoms with Crippen LogP contribution in [0.2, 0.25) is 0 Å². The number of thiazole rings is 1. The Bertz CT molecular complexity index is 852. The van der Waals surface area contributed by atoms with Gasteiger partial charge < -0.3 is 10.2 Å². The van der Waals surface area contributed by atoms with Gasteiger partial charge in [0.1, 0.15) is 16.9 Å². The van der Waals surface area contributed by atoms with Gasteiger partial charge in [0.15, 0.2) is 0 Å². The molecular formula is C17H17FN4O3S. The largest absolute Gasteiger partial charge is 0.350 e. The van der Waals surface area contributed by atoms with Gasteiger partial charge in [0.25, 0.3) is 5.91 Å². The molecule has 136 valence electrons. The Kier molecular flexibility index (Phi) is 4.99. The van der Waals surface area contributed by atoms with E-state index < -0.39 is 12.1 Å². The normalized spacial score (nSPS) is 17.1. The quantitative estimate of drug-likeness (QED) is 0.808. The van der Waals surface area contributed by atoms with Crippen molar-refractivity contribution in [1.82, 2.24) is 20.1 Å². The number of carbonyl (C=O) groups excluding carboxylic acids is 3. The second-order valence-corrected chi connectivity index (χ2v) is 6.86. The minimum Gasteiger partial charge on any atom is -0.350 e. The maximum absolute atomic E-state index is 13.0. The Hall–Kier alpha value is -2.81. The number of nitrogens with one attached hydrogen (secondary N) is 1. The van der Waals surface area contributed by atoms with Crippen molar-refractivity contribution in [3.8, 4) is 11.3 Å². The summed E-state index contributed by atoms with van der Waals surface area (Å²) in [7, 11) is 2.89. The molecule has 0 spiro atoms. The summed E-state index contributed by atoms with van der Waals surface area (Å²) in [6, 6.07) is 4.81. The molecule has 1 atom stereocenters. The number of imide groups is 1. The lowest BCUT2D eigenvalue weighted by molar-refractivity contribution is -0.131. The average Bonchev–Trinajstić information content (AvgIpc) is 3.17. The predicted molar refractivity (Wildman–Crippen MR) is 93.7 cm³/mol. The third-order valence-electron chi connectivity index (χ3n) is 4.18. The zero-order valence-corrected chi connectivity index (χ0v) is 15.0. The van der Waals surface area contributed by atoms with E-state index in [1.165, 1.54) is 42.5 Å². The summed E-state index contributed by atoms with van der Waals surface area (Å²) in [6.07, 6.45) is -0.0956. The van der Waals surface area contributed by atoms with Crippen LogP contribution in [0.1, 0.15) is 11.4 Å². The second-order valence-electron chi connectivity index (χ2n) is 5.92. The first-order valence-corrected chi connectivity index (χ1v) is 8.76. The highest BCUT2D eigenvalue weighted by Crippen LogP contribution is 2.22. The number of hydrogen-bond acceptors (Lipinski definition) is 5. The number of carbonyl (C=O) groups is 3. The molecule has 4 amide bonds. The SMILES string of the molecule is CN1C(=O)[C@H](CC(=O)NCc2nc(-c3ccc(F)cc3)cs2)N(C)C1=O. The van der Waals surface area contributed by atoms with Crippen LogP contribution in [0, 0.1) is 5.82 Å². The number of aromatic nitrogens is 1. The van der Waals surface area contributed by atoms with E-state index in [0.29, 0.717) is 10.7 Å². The van der Waals surface area contributed by atoms with Crippen LogP contribution < -0.4 is 5.32 Å². The van der Waals surface area contributed by atoms with Crippen molar-refractivity contribution in [3.63, 3.8) is 0 Å². The molecule has 26 heavy (non-hydrogen) atoms. The first-order chi connectivity index (χ1) is 12.4. The molecule has 2 heterocycles. The number of nitrogens with zero attached hydrogens (tertiary/aromatic N) is 3. The summed E-state index contributed by atoms with van der Waals surface area (Å²) in [5.74, 6) is -1.04. The molecule has 3 rings (SSSR count). The molecule has 9 heteroatoms. The number of rotatable bonds is 5. The number of hydrogen-bond donors (Lipinski definition) is 1. The standard InChI is InChI=1S/C17H17FN4O3S/c1-21-13(16(24)22(2)17(21)25)7-14(23)19-8-15-20-12(9-26-15)10-3-5-11(18)6-4-10/h3-6,9,13H,7-8H2,1-2H3,(H,19,23)/t13-/m0/s1. The summed E-state index contributed by atoms with van der Waals surface area (Å²) in [6.45, 7) is 0.221. The number of urea groups is 1. The van der Waals surface area contributed by atoms with Crippen molar-refractivity contribution in [2.75, 3.05) is 14.1 Å². The topological polar surface area (TPSA) is 82.6 Å².